The molecule has 1 aliphatic carbocycles. The summed E-state index contributed by atoms with van der Waals surface area (Å²) in [4.78, 5) is 2.72. The summed E-state index contributed by atoms with van der Waals surface area (Å²) in [6.45, 7) is 8.18. The van der Waals surface area contributed by atoms with Crippen LogP contribution in [-0.4, -0.2) is 30.6 Å². The van der Waals surface area contributed by atoms with Crippen LogP contribution in [0.3, 0.4) is 0 Å². The summed E-state index contributed by atoms with van der Waals surface area (Å²) in [5.41, 5.74) is 6.70. The minimum Gasteiger partial charge on any atom is -0.329 e. The van der Waals surface area contributed by atoms with E-state index in [0.29, 0.717) is 11.5 Å². The molecule has 0 aromatic heterocycles. The van der Waals surface area contributed by atoms with E-state index in [1.165, 1.54) is 70.9 Å². The summed E-state index contributed by atoms with van der Waals surface area (Å²) in [7, 11) is 0. The molecule has 1 unspecified atom stereocenters. The van der Waals surface area contributed by atoms with E-state index in [2.05, 4.69) is 18.7 Å². The third-order valence-electron chi connectivity index (χ3n) is 6.09. The van der Waals surface area contributed by atoms with E-state index in [1.54, 1.807) is 0 Å². The van der Waals surface area contributed by atoms with Gasteiger partial charge in [0.25, 0.3) is 0 Å². The fourth-order valence-corrected chi connectivity index (χ4v) is 4.31. The maximum absolute atomic E-state index is 6.10. The lowest BCUT2D eigenvalue weighted by molar-refractivity contribution is 0.163. The topological polar surface area (TPSA) is 29.3 Å². The van der Waals surface area contributed by atoms with Crippen LogP contribution in [0.5, 0.6) is 0 Å². The van der Waals surface area contributed by atoms with Crippen LogP contribution in [-0.2, 0) is 0 Å². The standard InChI is InChI=1S/C17H34N2/c1-3-17(4-2)10-11-19(14-17)16(13-18)12-15-8-6-5-7-9-15/h15-16H,3-14,18H2,1-2H3. The second-order valence-electron chi connectivity index (χ2n) is 7.06. The normalized spacial score (nSPS) is 26.7. The van der Waals surface area contributed by atoms with Gasteiger partial charge in [0.15, 0.2) is 0 Å². The highest BCUT2D eigenvalue weighted by molar-refractivity contribution is 4.91. The number of hydrogen-bond donors (Lipinski definition) is 1. The van der Waals surface area contributed by atoms with Crippen LogP contribution < -0.4 is 5.73 Å². The Kier molecular flexibility index (Phi) is 5.70. The molecule has 19 heavy (non-hydrogen) atoms. The molecule has 0 aromatic rings. The maximum Gasteiger partial charge on any atom is 0.0221 e. The van der Waals surface area contributed by atoms with Gasteiger partial charge < -0.3 is 5.73 Å². The molecule has 2 aliphatic rings. The summed E-state index contributed by atoms with van der Waals surface area (Å²) >= 11 is 0. The molecule has 2 fully saturated rings. The monoisotopic (exact) mass is 266 g/mol. The van der Waals surface area contributed by atoms with Gasteiger partial charge in [-0.25, -0.2) is 0 Å². The number of nitrogens with zero attached hydrogens (tertiary/aromatic N) is 1. The van der Waals surface area contributed by atoms with Gasteiger partial charge in [0, 0.05) is 19.1 Å². The van der Waals surface area contributed by atoms with Crippen molar-refractivity contribution in [1.29, 1.82) is 0 Å². The first-order valence-electron chi connectivity index (χ1n) is 8.67. The van der Waals surface area contributed by atoms with Crippen molar-refractivity contribution >= 4 is 0 Å². The van der Waals surface area contributed by atoms with E-state index in [-0.39, 0.29) is 0 Å². The van der Waals surface area contributed by atoms with Gasteiger partial charge in [0.2, 0.25) is 0 Å². The summed E-state index contributed by atoms with van der Waals surface area (Å²) < 4.78 is 0. The zero-order valence-electron chi connectivity index (χ0n) is 13.2. The van der Waals surface area contributed by atoms with Crippen LogP contribution in [0.2, 0.25) is 0 Å². The molecule has 2 heteroatoms. The van der Waals surface area contributed by atoms with E-state index >= 15 is 0 Å². The van der Waals surface area contributed by atoms with Crippen molar-refractivity contribution in [2.75, 3.05) is 19.6 Å². The fraction of sp³-hybridized carbons (Fsp3) is 1.00. The number of nitrogens with two attached hydrogens (primary N) is 1. The predicted molar refractivity (Wildman–Crippen MR) is 83.2 cm³/mol. The molecule has 1 saturated heterocycles. The van der Waals surface area contributed by atoms with Crippen molar-refractivity contribution in [1.82, 2.24) is 4.90 Å². The minimum absolute atomic E-state index is 0.597. The number of likely N-dealkylation sites (tertiary alicyclic amines) is 1. The van der Waals surface area contributed by atoms with Crippen LogP contribution in [0.25, 0.3) is 0 Å². The Bertz CT molecular complexity index is 254. The molecule has 1 atom stereocenters. The predicted octanol–water partition coefficient (Wildman–Crippen LogP) is 3.80. The Labute approximate surface area is 120 Å². The zero-order valence-corrected chi connectivity index (χ0v) is 13.2. The van der Waals surface area contributed by atoms with Crippen molar-refractivity contribution in [3.05, 3.63) is 0 Å². The lowest BCUT2D eigenvalue weighted by Crippen LogP contribution is -2.41. The first kappa shape index (κ1) is 15.3. The zero-order chi connectivity index (χ0) is 13.7. The second kappa shape index (κ2) is 7.08. The molecule has 0 bridgehead atoms. The summed E-state index contributed by atoms with van der Waals surface area (Å²) in [5, 5.41) is 0. The molecule has 0 amide bonds. The van der Waals surface area contributed by atoms with Crippen molar-refractivity contribution in [2.24, 2.45) is 17.1 Å². The van der Waals surface area contributed by atoms with Gasteiger partial charge in [-0.3, -0.25) is 4.90 Å². The molecule has 112 valence electrons. The van der Waals surface area contributed by atoms with Gasteiger partial charge in [-0.05, 0) is 43.6 Å². The van der Waals surface area contributed by atoms with E-state index in [1.807, 2.05) is 0 Å². The van der Waals surface area contributed by atoms with Gasteiger partial charge in [-0.1, -0.05) is 46.0 Å². The fourth-order valence-electron chi connectivity index (χ4n) is 4.31. The largest absolute Gasteiger partial charge is 0.329 e. The van der Waals surface area contributed by atoms with Crippen molar-refractivity contribution in [3.63, 3.8) is 0 Å². The second-order valence-corrected chi connectivity index (χ2v) is 7.06. The van der Waals surface area contributed by atoms with E-state index in [0.717, 1.165) is 12.5 Å². The molecule has 2 nitrogen and oxygen atoms in total. The van der Waals surface area contributed by atoms with Crippen molar-refractivity contribution in [2.45, 2.75) is 77.7 Å². The summed E-state index contributed by atoms with van der Waals surface area (Å²) in [5.74, 6) is 0.959. The van der Waals surface area contributed by atoms with E-state index in [9.17, 15) is 0 Å². The Morgan fingerprint density at radius 3 is 2.37 bits per heavy atom. The molecular weight excluding hydrogens is 232 g/mol. The van der Waals surface area contributed by atoms with Crippen LogP contribution in [0, 0.1) is 11.3 Å². The van der Waals surface area contributed by atoms with Gasteiger partial charge in [-0.15, -0.1) is 0 Å². The lowest BCUT2D eigenvalue weighted by atomic mass is 9.81. The summed E-state index contributed by atoms with van der Waals surface area (Å²) in [6.07, 6.45) is 12.7. The average molecular weight is 266 g/mol. The van der Waals surface area contributed by atoms with Crippen LogP contribution in [0.4, 0.5) is 0 Å². The highest BCUT2D eigenvalue weighted by Gasteiger charge is 2.37. The molecule has 2 N–H and O–H groups in total. The van der Waals surface area contributed by atoms with E-state index in [4.69, 9.17) is 5.73 Å². The highest BCUT2D eigenvalue weighted by Crippen LogP contribution is 2.39. The minimum atomic E-state index is 0.597. The Morgan fingerprint density at radius 1 is 1.16 bits per heavy atom. The van der Waals surface area contributed by atoms with Gasteiger partial charge in [-0.2, -0.15) is 0 Å². The molecule has 2 rings (SSSR count). The van der Waals surface area contributed by atoms with Crippen LogP contribution in [0.1, 0.15) is 71.6 Å². The Morgan fingerprint density at radius 2 is 1.84 bits per heavy atom. The Balaban J connectivity index is 1.87. The number of hydrogen-bond acceptors (Lipinski definition) is 2. The first-order valence-corrected chi connectivity index (χ1v) is 8.67. The van der Waals surface area contributed by atoms with Crippen LogP contribution >= 0.6 is 0 Å². The van der Waals surface area contributed by atoms with Crippen molar-refractivity contribution in [3.8, 4) is 0 Å². The highest BCUT2D eigenvalue weighted by atomic mass is 15.2. The molecular formula is C17H34N2. The molecule has 0 radical (unpaired) electrons. The molecule has 1 saturated carbocycles. The van der Waals surface area contributed by atoms with Gasteiger partial charge in [0.05, 0.1) is 0 Å². The third-order valence-corrected chi connectivity index (χ3v) is 6.09. The smallest absolute Gasteiger partial charge is 0.0221 e. The number of rotatable bonds is 6. The van der Waals surface area contributed by atoms with Crippen LogP contribution in [0.15, 0.2) is 0 Å². The summed E-state index contributed by atoms with van der Waals surface area (Å²) in [6, 6.07) is 0.656. The van der Waals surface area contributed by atoms with Crippen molar-refractivity contribution < 1.29 is 0 Å². The molecule has 0 aromatic carbocycles. The quantitative estimate of drug-likeness (QED) is 0.792. The third kappa shape index (κ3) is 3.72. The first-order chi connectivity index (χ1) is 9.23. The van der Waals surface area contributed by atoms with Gasteiger partial charge >= 0.3 is 0 Å². The maximum atomic E-state index is 6.10. The lowest BCUT2D eigenvalue weighted by Gasteiger charge is -2.33. The SMILES string of the molecule is CCC1(CC)CCN(C(CN)CC2CCCCC2)C1. The molecule has 1 aliphatic heterocycles. The van der Waals surface area contributed by atoms with E-state index < -0.39 is 0 Å². The Hall–Kier alpha value is -0.0800. The molecule has 0 spiro atoms. The van der Waals surface area contributed by atoms with Gasteiger partial charge in [0.1, 0.15) is 0 Å². The molecule has 1 heterocycles. The average Bonchev–Trinajstić information content (AvgIpc) is 2.91.